The van der Waals surface area contributed by atoms with E-state index in [4.69, 9.17) is 9.98 Å². The molecule has 0 N–H and O–H groups in total. The van der Waals surface area contributed by atoms with Crippen molar-refractivity contribution in [2.75, 3.05) is 0 Å². The van der Waals surface area contributed by atoms with E-state index in [1.165, 1.54) is 64.0 Å². The molecule has 0 saturated heterocycles. The van der Waals surface area contributed by atoms with Gasteiger partial charge in [0.15, 0.2) is 0 Å². The maximum absolute atomic E-state index is 5.21. The van der Waals surface area contributed by atoms with Crippen molar-refractivity contribution < 1.29 is 0 Å². The van der Waals surface area contributed by atoms with Gasteiger partial charge in [0.2, 0.25) is 0 Å². The Morgan fingerprint density at radius 2 is 1.16 bits per heavy atom. The van der Waals surface area contributed by atoms with E-state index in [-0.39, 0.29) is 0 Å². The van der Waals surface area contributed by atoms with E-state index in [1.807, 2.05) is 11.3 Å². The predicted octanol–water partition coefficient (Wildman–Crippen LogP) is 10.5. The molecular weight excluding hydrogens is 565 g/mol. The maximum Gasteiger partial charge on any atom is 0.0817 e. The van der Waals surface area contributed by atoms with Crippen molar-refractivity contribution >= 4 is 42.9 Å². The predicted molar refractivity (Wildman–Crippen MR) is 187 cm³/mol. The summed E-state index contributed by atoms with van der Waals surface area (Å²) in [6.45, 7) is 0. The summed E-state index contributed by atoms with van der Waals surface area (Å²) in [7, 11) is 0. The number of hydrogen-bond acceptors (Lipinski definition) is 3. The molecular formula is C42H24N2S. The molecule has 2 aliphatic heterocycles. The fourth-order valence-corrected chi connectivity index (χ4v) is 8.45. The molecule has 0 bridgehead atoms. The number of hydrogen-bond donors (Lipinski definition) is 0. The standard InChI is InChI=1S/C42H24N2S/c1-2-11-25(12-3-1)26-21-23-34-40(41-35(43-34)24-22-31-28-14-6-8-18-33(28)44-42(31)41)39(26)30-15-5-4-13-27(30)29-17-10-20-37-38(29)32-16-7-9-19-36(32)45-37/h1-24H. The molecule has 0 spiro atoms. The second-order valence-electron chi connectivity index (χ2n) is 11.7. The van der Waals surface area contributed by atoms with E-state index in [0.717, 1.165) is 33.2 Å². The lowest BCUT2D eigenvalue weighted by atomic mass is 9.83. The molecule has 0 aliphatic carbocycles. The molecule has 7 aromatic carbocycles. The molecule has 0 atom stereocenters. The van der Waals surface area contributed by atoms with Crippen LogP contribution in [-0.2, 0) is 0 Å². The van der Waals surface area contributed by atoms with Crippen LogP contribution in [0.1, 0.15) is 0 Å². The number of thiophene rings is 1. The van der Waals surface area contributed by atoms with Crippen molar-refractivity contribution in [1.29, 1.82) is 0 Å². The minimum atomic E-state index is 0.982. The second kappa shape index (κ2) is 9.43. The average molecular weight is 589 g/mol. The third kappa shape index (κ3) is 3.56. The van der Waals surface area contributed by atoms with Crippen LogP contribution in [0, 0.1) is 10.4 Å². The van der Waals surface area contributed by atoms with Crippen molar-refractivity contribution in [3.05, 3.63) is 167 Å². The molecule has 3 heterocycles. The summed E-state index contributed by atoms with van der Waals surface area (Å²) in [6, 6.07) is 52.4. The van der Waals surface area contributed by atoms with Gasteiger partial charge in [0.25, 0.3) is 0 Å². The molecule has 0 unspecified atom stereocenters. The number of fused-ring (bicyclic) bond motifs is 9. The van der Waals surface area contributed by atoms with Crippen LogP contribution in [0.5, 0.6) is 0 Å². The van der Waals surface area contributed by atoms with Crippen LogP contribution in [0.3, 0.4) is 0 Å². The first-order valence-corrected chi connectivity index (χ1v) is 16.1. The van der Waals surface area contributed by atoms with Crippen molar-refractivity contribution in [1.82, 2.24) is 0 Å². The van der Waals surface area contributed by atoms with Crippen molar-refractivity contribution in [2.45, 2.75) is 0 Å². The number of rotatable bonds is 3. The number of benzene rings is 7. The largest absolute Gasteiger partial charge is 0.248 e. The van der Waals surface area contributed by atoms with Gasteiger partial charge in [0, 0.05) is 47.3 Å². The number of nitrogens with zero attached hydrogens (tertiary/aromatic N) is 2. The lowest BCUT2D eigenvalue weighted by Crippen LogP contribution is -2.01. The van der Waals surface area contributed by atoms with Gasteiger partial charge in [-0.1, -0.05) is 109 Å². The van der Waals surface area contributed by atoms with E-state index in [0.29, 0.717) is 0 Å². The molecule has 2 aliphatic rings. The summed E-state index contributed by atoms with van der Waals surface area (Å²) in [6.07, 6.45) is 0. The lowest BCUT2D eigenvalue weighted by Gasteiger charge is -2.20. The van der Waals surface area contributed by atoms with Crippen LogP contribution in [0.2, 0.25) is 0 Å². The van der Waals surface area contributed by atoms with Gasteiger partial charge in [0.05, 0.1) is 22.1 Å². The highest BCUT2D eigenvalue weighted by Crippen LogP contribution is 2.52. The second-order valence-corrected chi connectivity index (χ2v) is 12.8. The fraction of sp³-hybridized carbons (Fsp3) is 0. The van der Waals surface area contributed by atoms with Gasteiger partial charge in [-0.3, -0.25) is 0 Å². The molecule has 208 valence electrons. The van der Waals surface area contributed by atoms with Gasteiger partial charge in [-0.15, -0.1) is 11.3 Å². The normalized spacial score (nSPS) is 12.4. The van der Waals surface area contributed by atoms with E-state index in [2.05, 4.69) is 146 Å². The zero-order valence-corrected chi connectivity index (χ0v) is 25.0. The summed E-state index contributed by atoms with van der Waals surface area (Å²) in [5.74, 6) is 0. The Labute approximate surface area is 263 Å². The van der Waals surface area contributed by atoms with Crippen LogP contribution >= 0.6 is 11.3 Å². The van der Waals surface area contributed by atoms with Crippen LogP contribution in [0.4, 0.5) is 11.4 Å². The Bertz CT molecular complexity index is 2760. The van der Waals surface area contributed by atoms with Gasteiger partial charge >= 0.3 is 0 Å². The lowest BCUT2D eigenvalue weighted by molar-refractivity contribution is 1.36. The molecule has 0 saturated carbocycles. The van der Waals surface area contributed by atoms with Crippen molar-refractivity contribution in [3.8, 4) is 44.5 Å². The molecule has 0 radical (unpaired) electrons. The summed E-state index contributed by atoms with van der Waals surface area (Å²) < 4.78 is 2.62. The molecule has 0 fully saturated rings. The van der Waals surface area contributed by atoms with Gasteiger partial charge in [-0.05, 0) is 64.2 Å². The summed E-state index contributed by atoms with van der Waals surface area (Å²) in [5, 5.41) is 6.98. The quantitative estimate of drug-likeness (QED) is 0.196. The summed E-state index contributed by atoms with van der Waals surface area (Å²) in [5.41, 5.74) is 11.6. The monoisotopic (exact) mass is 588 g/mol. The first kappa shape index (κ1) is 24.8. The Kier molecular flexibility index (Phi) is 5.19. The highest BCUT2D eigenvalue weighted by molar-refractivity contribution is 7.25. The van der Waals surface area contributed by atoms with Crippen molar-refractivity contribution in [2.24, 2.45) is 9.98 Å². The van der Waals surface area contributed by atoms with Gasteiger partial charge < -0.3 is 0 Å². The van der Waals surface area contributed by atoms with Crippen LogP contribution < -0.4 is 10.7 Å². The fourth-order valence-electron chi connectivity index (χ4n) is 7.31. The molecule has 2 nitrogen and oxygen atoms in total. The third-order valence-corrected chi connectivity index (χ3v) is 10.4. The molecule has 0 amide bonds. The van der Waals surface area contributed by atoms with E-state index < -0.39 is 0 Å². The highest BCUT2D eigenvalue weighted by Gasteiger charge is 2.28. The van der Waals surface area contributed by atoms with E-state index >= 15 is 0 Å². The Balaban J connectivity index is 1.34. The van der Waals surface area contributed by atoms with E-state index in [9.17, 15) is 0 Å². The van der Waals surface area contributed by atoms with Crippen LogP contribution in [0.25, 0.3) is 64.7 Å². The zero-order valence-electron chi connectivity index (χ0n) is 24.2. The molecule has 45 heavy (non-hydrogen) atoms. The number of para-hydroxylation sites is 1. The van der Waals surface area contributed by atoms with E-state index in [1.54, 1.807) is 0 Å². The van der Waals surface area contributed by atoms with Gasteiger partial charge in [-0.25, -0.2) is 9.98 Å². The van der Waals surface area contributed by atoms with Crippen molar-refractivity contribution in [3.63, 3.8) is 0 Å². The Morgan fingerprint density at radius 1 is 0.400 bits per heavy atom. The topological polar surface area (TPSA) is 24.7 Å². The molecule has 1 aromatic heterocycles. The summed E-state index contributed by atoms with van der Waals surface area (Å²) in [4.78, 5) is 10.4. The first-order valence-electron chi connectivity index (χ1n) is 15.3. The van der Waals surface area contributed by atoms with Gasteiger partial charge in [0.1, 0.15) is 0 Å². The minimum absolute atomic E-state index is 0.982. The maximum atomic E-state index is 5.21. The first-order chi connectivity index (χ1) is 22.3. The van der Waals surface area contributed by atoms with Gasteiger partial charge in [-0.2, -0.15) is 0 Å². The smallest absolute Gasteiger partial charge is 0.0817 e. The SMILES string of the molecule is c1ccc(-c2ccc3c(c2-c2ccccc2-c2cccc4sc5ccccc5c24)-c2c4c(ccc2=N3)=c2ccccc2=N4)cc1. The van der Waals surface area contributed by atoms with Crippen LogP contribution in [0.15, 0.2) is 156 Å². The van der Waals surface area contributed by atoms with Crippen LogP contribution in [-0.4, -0.2) is 0 Å². The Morgan fingerprint density at radius 3 is 2.09 bits per heavy atom. The zero-order chi connectivity index (χ0) is 29.5. The Hall–Kier alpha value is -5.64. The minimum Gasteiger partial charge on any atom is -0.248 e. The summed E-state index contributed by atoms with van der Waals surface area (Å²) >= 11 is 1.86. The average Bonchev–Trinajstić information content (AvgIpc) is 3.79. The molecule has 8 aromatic rings. The highest BCUT2D eigenvalue weighted by atomic mass is 32.1. The third-order valence-electron chi connectivity index (χ3n) is 9.23. The molecule has 3 heteroatoms. The molecule has 10 rings (SSSR count).